The van der Waals surface area contributed by atoms with Gasteiger partial charge in [-0.05, 0) is 22.4 Å². The number of rotatable bonds is 2. The Bertz CT molecular complexity index is 1300. The molecule has 2 heterocycles. The summed E-state index contributed by atoms with van der Waals surface area (Å²) in [4.78, 5) is 0. The number of fused-ring (bicyclic) bond motifs is 2. The van der Waals surface area contributed by atoms with Crippen molar-refractivity contribution in [1.82, 2.24) is 10.2 Å². The highest BCUT2D eigenvalue weighted by molar-refractivity contribution is 5.97. The number of nitriles is 1. The molecule has 0 amide bonds. The molecule has 1 aromatic heterocycles. The number of aromatic amines is 1. The minimum atomic E-state index is -0.953. The first kappa shape index (κ1) is 17.1. The van der Waals surface area contributed by atoms with Crippen molar-refractivity contribution < 1.29 is 9.13 Å². The first-order valence-corrected chi connectivity index (χ1v) is 9.15. The average molecular weight is 382 g/mol. The predicted molar refractivity (Wildman–Crippen MR) is 107 cm³/mol. The van der Waals surface area contributed by atoms with Crippen molar-refractivity contribution in [2.24, 2.45) is 5.92 Å². The van der Waals surface area contributed by atoms with E-state index in [1.807, 2.05) is 42.5 Å². The number of H-pyrrole nitrogens is 1. The molecule has 0 spiro atoms. The fraction of sp³-hybridized carbons (Fsp3) is 0.0870. The molecule has 0 saturated carbocycles. The van der Waals surface area contributed by atoms with Crippen LogP contribution in [-0.2, 0) is 0 Å². The van der Waals surface area contributed by atoms with Crippen molar-refractivity contribution in [3.05, 3.63) is 83.7 Å². The Kier molecular flexibility index (Phi) is 3.88. The van der Waals surface area contributed by atoms with Crippen LogP contribution in [0.5, 0.6) is 5.88 Å². The summed E-state index contributed by atoms with van der Waals surface area (Å²) >= 11 is 0. The summed E-state index contributed by atoms with van der Waals surface area (Å²) in [6.07, 6.45) is 0. The van der Waals surface area contributed by atoms with E-state index in [-0.39, 0.29) is 11.8 Å². The van der Waals surface area contributed by atoms with Gasteiger partial charge in [-0.1, -0.05) is 60.7 Å². The van der Waals surface area contributed by atoms with Crippen molar-refractivity contribution in [2.45, 2.75) is 5.92 Å². The molecule has 5 nitrogen and oxygen atoms in total. The van der Waals surface area contributed by atoms with Crippen molar-refractivity contribution in [1.29, 1.82) is 10.7 Å². The maximum atomic E-state index is 14.7. The second-order valence-corrected chi connectivity index (χ2v) is 6.92. The lowest BCUT2D eigenvalue weighted by Crippen LogP contribution is -2.31. The lowest BCUT2D eigenvalue weighted by atomic mass is 9.78. The summed E-state index contributed by atoms with van der Waals surface area (Å²) in [5, 5.41) is 27.2. The zero-order chi connectivity index (χ0) is 20.0. The molecule has 4 aromatic rings. The van der Waals surface area contributed by atoms with Gasteiger partial charge in [0.1, 0.15) is 11.7 Å². The Hall–Kier alpha value is -3.98. The Balaban J connectivity index is 1.81. The van der Waals surface area contributed by atoms with Crippen LogP contribution in [0.15, 0.2) is 66.7 Å². The molecule has 6 heteroatoms. The molecule has 2 N–H and O–H groups in total. The smallest absolute Gasteiger partial charge is 0.244 e. The Morgan fingerprint density at radius 1 is 1.03 bits per heavy atom. The van der Waals surface area contributed by atoms with Crippen LogP contribution in [0, 0.1) is 28.5 Å². The van der Waals surface area contributed by atoms with E-state index in [0.717, 1.165) is 16.3 Å². The highest BCUT2D eigenvalue weighted by Gasteiger charge is 2.42. The molecule has 0 fully saturated rings. The number of hydrogen-bond donors (Lipinski definition) is 2. The van der Waals surface area contributed by atoms with Gasteiger partial charge in [0.05, 0.1) is 17.3 Å². The zero-order valence-corrected chi connectivity index (χ0v) is 15.2. The minimum absolute atomic E-state index is 0.206. The van der Waals surface area contributed by atoms with Gasteiger partial charge in [-0.3, -0.25) is 10.5 Å². The van der Waals surface area contributed by atoms with Crippen LogP contribution in [0.2, 0.25) is 0 Å². The van der Waals surface area contributed by atoms with Gasteiger partial charge >= 0.3 is 0 Å². The first-order valence-electron chi connectivity index (χ1n) is 9.15. The third-order valence-electron chi connectivity index (χ3n) is 5.34. The summed E-state index contributed by atoms with van der Waals surface area (Å²) in [6.45, 7) is 0. The predicted octanol–water partition coefficient (Wildman–Crippen LogP) is 5.01. The van der Waals surface area contributed by atoms with Crippen molar-refractivity contribution in [3.63, 3.8) is 0 Å². The van der Waals surface area contributed by atoms with Crippen molar-refractivity contribution in [2.75, 3.05) is 0 Å². The van der Waals surface area contributed by atoms with Gasteiger partial charge in [0.15, 0.2) is 0 Å². The van der Waals surface area contributed by atoms with Gasteiger partial charge in [0.25, 0.3) is 0 Å². The fourth-order valence-corrected chi connectivity index (χ4v) is 4.03. The highest BCUT2D eigenvalue weighted by Crippen LogP contribution is 2.47. The van der Waals surface area contributed by atoms with E-state index in [1.165, 1.54) is 6.07 Å². The van der Waals surface area contributed by atoms with Crippen LogP contribution in [0.4, 0.5) is 4.39 Å². The highest BCUT2D eigenvalue weighted by atomic mass is 19.1. The topological polar surface area (TPSA) is 85.6 Å². The molecule has 140 valence electrons. The monoisotopic (exact) mass is 382 g/mol. The number of ether oxygens (including phenoxy) is 1. The number of nitrogens with zero attached hydrogens (tertiary/aromatic N) is 2. The number of aromatic nitrogens is 2. The van der Waals surface area contributed by atoms with Crippen LogP contribution >= 0.6 is 0 Å². The fourth-order valence-electron chi connectivity index (χ4n) is 4.03. The lowest BCUT2D eigenvalue weighted by Gasteiger charge is -2.28. The van der Waals surface area contributed by atoms with Gasteiger partial charge < -0.3 is 4.74 Å². The number of hydrogen-bond acceptors (Lipinski definition) is 4. The first-order chi connectivity index (χ1) is 14.2. The molecule has 0 radical (unpaired) electrons. The van der Waals surface area contributed by atoms with Gasteiger partial charge in [0, 0.05) is 11.5 Å². The van der Waals surface area contributed by atoms with E-state index in [9.17, 15) is 9.65 Å². The third-order valence-corrected chi connectivity index (χ3v) is 5.34. The van der Waals surface area contributed by atoms with Crippen LogP contribution in [0.1, 0.15) is 17.0 Å². The average Bonchev–Trinajstić information content (AvgIpc) is 3.16. The van der Waals surface area contributed by atoms with E-state index in [2.05, 4.69) is 16.3 Å². The van der Waals surface area contributed by atoms with Gasteiger partial charge in [0.2, 0.25) is 11.8 Å². The van der Waals surface area contributed by atoms with E-state index in [1.54, 1.807) is 18.2 Å². The van der Waals surface area contributed by atoms with Crippen molar-refractivity contribution in [3.8, 4) is 23.2 Å². The minimum Gasteiger partial charge on any atom is -0.422 e. The molecule has 3 aromatic carbocycles. The van der Waals surface area contributed by atoms with Gasteiger partial charge in [-0.2, -0.15) is 5.26 Å². The Morgan fingerprint density at radius 2 is 1.79 bits per heavy atom. The van der Waals surface area contributed by atoms with E-state index >= 15 is 0 Å². The molecule has 5 rings (SSSR count). The Morgan fingerprint density at radius 3 is 2.62 bits per heavy atom. The summed E-state index contributed by atoms with van der Waals surface area (Å²) in [6, 6.07) is 22.3. The summed E-state index contributed by atoms with van der Waals surface area (Å²) in [5.74, 6) is -2.11. The normalized spacial score (nSPS) is 18.1. The summed E-state index contributed by atoms with van der Waals surface area (Å²) in [5.41, 5.74) is 2.48. The standard InChI is InChI=1S/C23H15FN4O/c24-18-11-4-3-9-16(18)19-17(12-25)22(26)29-23-20(19)21(27-28-23)15-10-5-7-13-6-1-2-8-14(13)15/h1-11,17,19,26H,(H,27,28). The van der Waals surface area contributed by atoms with E-state index in [0.29, 0.717) is 16.8 Å². The Labute approximate surface area is 165 Å². The molecule has 0 bridgehead atoms. The van der Waals surface area contributed by atoms with E-state index < -0.39 is 17.7 Å². The maximum absolute atomic E-state index is 14.7. The molecule has 0 aliphatic carbocycles. The molecule has 2 unspecified atom stereocenters. The van der Waals surface area contributed by atoms with Crippen LogP contribution in [-0.4, -0.2) is 16.1 Å². The molecule has 2 atom stereocenters. The molecule has 0 saturated heterocycles. The van der Waals surface area contributed by atoms with Crippen LogP contribution in [0.3, 0.4) is 0 Å². The lowest BCUT2D eigenvalue weighted by molar-refractivity contribution is 0.432. The molecule has 29 heavy (non-hydrogen) atoms. The number of halogens is 1. The second-order valence-electron chi connectivity index (χ2n) is 6.92. The maximum Gasteiger partial charge on any atom is 0.244 e. The second kappa shape index (κ2) is 6.57. The molecular weight excluding hydrogens is 367 g/mol. The van der Waals surface area contributed by atoms with Gasteiger partial charge in [-0.15, -0.1) is 5.10 Å². The molecular formula is C23H15FN4O. The third kappa shape index (κ3) is 2.59. The van der Waals surface area contributed by atoms with E-state index in [4.69, 9.17) is 10.1 Å². The molecule has 1 aliphatic heterocycles. The molecule has 1 aliphatic rings. The SMILES string of the molecule is N#CC1C(=N)Oc2n[nH]c(-c3cccc4ccccc34)c2C1c1ccccc1F. The van der Waals surface area contributed by atoms with Gasteiger partial charge in [-0.25, -0.2) is 4.39 Å². The largest absolute Gasteiger partial charge is 0.422 e. The quantitative estimate of drug-likeness (QED) is 0.511. The number of benzene rings is 3. The van der Waals surface area contributed by atoms with Crippen LogP contribution in [0.25, 0.3) is 22.0 Å². The number of nitrogens with one attached hydrogen (secondary N) is 2. The summed E-state index contributed by atoms with van der Waals surface area (Å²) in [7, 11) is 0. The van der Waals surface area contributed by atoms with Crippen molar-refractivity contribution >= 4 is 16.7 Å². The zero-order valence-electron chi connectivity index (χ0n) is 15.2. The summed E-state index contributed by atoms with van der Waals surface area (Å²) < 4.78 is 20.3. The van der Waals surface area contributed by atoms with Crippen LogP contribution < -0.4 is 4.74 Å².